The standard InChI is InChI=1S/C22H19NO5/c1-13(24)15-7-10-17(11-8-15)23-21(26)14(2)28-22(27)19-12-9-16-5-3-4-6-18(16)20(19)25/h3-12,14,25H,1-2H3,(H,23,26)/t14-/m0/s1. The Morgan fingerprint density at radius 3 is 2.32 bits per heavy atom. The van der Waals surface area contributed by atoms with Gasteiger partial charge in [-0.3, -0.25) is 9.59 Å². The molecule has 1 atom stereocenters. The highest BCUT2D eigenvalue weighted by Crippen LogP contribution is 2.29. The van der Waals surface area contributed by atoms with Gasteiger partial charge in [0.2, 0.25) is 0 Å². The number of nitrogens with one attached hydrogen (secondary N) is 1. The van der Waals surface area contributed by atoms with Crippen LogP contribution in [0.3, 0.4) is 0 Å². The Morgan fingerprint density at radius 2 is 1.64 bits per heavy atom. The molecule has 1 amide bonds. The molecule has 0 aliphatic heterocycles. The summed E-state index contributed by atoms with van der Waals surface area (Å²) in [6.45, 7) is 2.90. The maximum atomic E-state index is 12.4. The molecule has 6 nitrogen and oxygen atoms in total. The number of carbonyl (C=O) groups is 3. The van der Waals surface area contributed by atoms with Crippen molar-refractivity contribution in [2.24, 2.45) is 0 Å². The predicted octanol–water partition coefficient (Wildman–Crippen LogP) is 3.93. The fourth-order valence-corrected chi connectivity index (χ4v) is 2.73. The van der Waals surface area contributed by atoms with Crippen molar-refractivity contribution in [2.45, 2.75) is 20.0 Å². The van der Waals surface area contributed by atoms with Crippen LogP contribution in [0.1, 0.15) is 34.6 Å². The van der Waals surface area contributed by atoms with Crippen molar-refractivity contribution in [3.05, 3.63) is 71.8 Å². The number of esters is 1. The quantitative estimate of drug-likeness (QED) is 0.519. The van der Waals surface area contributed by atoms with Crippen LogP contribution >= 0.6 is 0 Å². The Hall–Kier alpha value is -3.67. The molecular formula is C22H19NO5. The van der Waals surface area contributed by atoms with Crippen LogP contribution < -0.4 is 5.32 Å². The lowest BCUT2D eigenvalue weighted by Gasteiger charge is -2.14. The second-order valence-corrected chi connectivity index (χ2v) is 6.35. The first-order valence-corrected chi connectivity index (χ1v) is 8.70. The average Bonchev–Trinajstić information content (AvgIpc) is 2.68. The van der Waals surface area contributed by atoms with Crippen molar-refractivity contribution in [3.63, 3.8) is 0 Å². The van der Waals surface area contributed by atoms with Crippen LogP contribution in [0.25, 0.3) is 10.8 Å². The Labute approximate surface area is 161 Å². The lowest BCUT2D eigenvalue weighted by atomic mass is 10.1. The second kappa shape index (κ2) is 7.92. The predicted molar refractivity (Wildman–Crippen MR) is 106 cm³/mol. The zero-order valence-electron chi connectivity index (χ0n) is 15.4. The van der Waals surface area contributed by atoms with Crippen LogP contribution in [-0.2, 0) is 9.53 Å². The van der Waals surface area contributed by atoms with E-state index in [1.54, 1.807) is 42.5 Å². The minimum Gasteiger partial charge on any atom is -0.506 e. The molecule has 3 aromatic carbocycles. The number of carbonyl (C=O) groups excluding carboxylic acids is 3. The van der Waals surface area contributed by atoms with E-state index in [-0.39, 0.29) is 17.1 Å². The van der Waals surface area contributed by atoms with Gasteiger partial charge in [0.1, 0.15) is 11.3 Å². The highest BCUT2D eigenvalue weighted by atomic mass is 16.5. The number of rotatable bonds is 5. The third kappa shape index (κ3) is 4.01. The van der Waals surface area contributed by atoms with Crippen molar-refractivity contribution in [1.82, 2.24) is 0 Å². The normalized spacial score (nSPS) is 11.6. The van der Waals surface area contributed by atoms with Crippen LogP contribution in [0, 0.1) is 0 Å². The highest BCUT2D eigenvalue weighted by molar-refractivity contribution is 6.03. The van der Waals surface area contributed by atoms with Crippen molar-refractivity contribution in [3.8, 4) is 5.75 Å². The largest absolute Gasteiger partial charge is 0.506 e. The van der Waals surface area contributed by atoms with Gasteiger partial charge >= 0.3 is 5.97 Å². The molecule has 0 aromatic heterocycles. The first-order valence-electron chi connectivity index (χ1n) is 8.70. The summed E-state index contributed by atoms with van der Waals surface area (Å²) in [6, 6.07) is 16.7. The topological polar surface area (TPSA) is 92.7 Å². The van der Waals surface area contributed by atoms with Gasteiger partial charge in [-0.1, -0.05) is 30.3 Å². The monoisotopic (exact) mass is 377 g/mol. The maximum absolute atomic E-state index is 12.4. The number of ether oxygens (including phenoxy) is 1. The smallest absolute Gasteiger partial charge is 0.342 e. The number of aromatic hydroxyl groups is 1. The molecule has 2 N–H and O–H groups in total. The van der Waals surface area contributed by atoms with Crippen molar-refractivity contribution in [1.29, 1.82) is 0 Å². The van der Waals surface area contributed by atoms with E-state index in [9.17, 15) is 19.5 Å². The number of phenols is 1. The molecule has 142 valence electrons. The van der Waals surface area contributed by atoms with Gasteiger partial charge in [-0.2, -0.15) is 0 Å². The Bertz CT molecular complexity index is 1060. The van der Waals surface area contributed by atoms with E-state index in [0.717, 1.165) is 5.39 Å². The molecule has 0 fully saturated rings. The van der Waals surface area contributed by atoms with E-state index in [1.807, 2.05) is 12.1 Å². The maximum Gasteiger partial charge on any atom is 0.342 e. The van der Waals surface area contributed by atoms with E-state index in [2.05, 4.69) is 5.32 Å². The van der Waals surface area contributed by atoms with Gasteiger partial charge in [0, 0.05) is 16.6 Å². The van der Waals surface area contributed by atoms with Gasteiger partial charge in [-0.25, -0.2) is 4.79 Å². The highest BCUT2D eigenvalue weighted by Gasteiger charge is 2.22. The zero-order chi connectivity index (χ0) is 20.3. The molecule has 6 heteroatoms. The number of ketones is 1. The summed E-state index contributed by atoms with van der Waals surface area (Å²) in [4.78, 5) is 36.0. The molecule has 0 spiro atoms. The van der Waals surface area contributed by atoms with E-state index in [4.69, 9.17) is 4.74 Å². The van der Waals surface area contributed by atoms with Crippen molar-refractivity contribution < 1.29 is 24.2 Å². The first-order chi connectivity index (χ1) is 13.4. The summed E-state index contributed by atoms with van der Waals surface area (Å²) < 4.78 is 5.20. The SMILES string of the molecule is CC(=O)c1ccc(NC(=O)[C@H](C)OC(=O)c2ccc3ccccc3c2O)cc1. The van der Waals surface area contributed by atoms with E-state index in [0.29, 0.717) is 16.6 Å². The molecule has 0 heterocycles. The van der Waals surface area contributed by atoms with Gasteiger partial charge < -0.3 is 15.2 Å². The fraction of sp³-hybridized carbons (Fsp3) is 0.136. The van der Waals surface area contributed by atoms with Crippen LogP contribution in [0.2, 0.25) is 0 Å². The van der Waals surface area contributed by atoms with Crippen molar-refractivity contribution >= 4 is 34.1 Å². The molecule has 0 saturated carbocycles. The molecular weight excluding hydrogens is 358 g/mol. The Morgan fingerprint density at radius 1 is 0.964 bits per heavy atom. The third-order valence-electron chi connectivity index (χ3n) is 4.33. The number of fused-ring (bicyclic) bond motifs is 1. The van der Waals surface area contributed by atoms with E-state index in [1.165, 1.54) is 19.9 Å². The Balaban J connectivity index is 1.69. The lowest BCUT2D eigenvalue weighted by Crippen LogP contribution is -2.30. The molecule has 0 radical (unpaired) electrons. The van der Waals surface area contributed by atoms with E-state index >= 15 is 0 Å². The summed E-state index contributed by atoms with van der Waals surface area (Å²) in [5, 5.41) is 14.3. The van der Waals surface area contributed by atoms with Gasteiger partial charge in [0.15, 0.2) is 11.9 Å². The molecule has 28 heavy (non-hydrogen) atoms. The van der Waals surface area contributed by atoms with Crippen molar-refractivity contribution in [2.75, 3.05) is 5.32 Å². The van der Waals surface area contributed by atoms with Crippen LogP contribution in [0.4, 0.5) is 5.69 Å². The lowest BCUT2D eigenvalue weighted by molar-refractivity contribution is -0.123. The number of hydrogen-bond acceptors (Lipinski definition) is 5. The van der Waals surface area contributed by atoms with Gasteiger partial charge in [-0.05, 0) is 49.6 Å². The van der Waals surface area contributed by atoms with Crippen LogP contribution in [-0.4, -0.2) is 28.9 Å². The Kier molecular flexibility index (Phi) is 5.40. The molecule has 0 unspecified atom stereocenters. The molecule has 3 rings (SSSR count). The zero-order valence-corrected chi connectivity index (χ0v) is 15.4. The molecule has 3 aromatic rings. The number of amides is 1. The second-order valence-electron chi connectivity index (χ2n) is 6.35. The fourth-order valence-electron chi connectivity index (χ4n) is 2.73. The average molecular weight is 377 g/mol. The number of benzene rings is 3. The van der Waals surface area contributed by atoms with Gasteiger partial charge in [0.05, 0.1) is 0 Å². The summed E-state index contributed by atoms with van der Waals surface area (Å²) in [6.07, 6.45) is -1.08. The first kappa shape index (κ1) is 19.1. The van der Waals surface area contributed by atoms with Gasteiger partial charge in [0.25, 0.3) is 5.91 Å². The summed E-state index contributed by atoms with van der Waals surface area (Å²) in [7, 11) is 0. The molecule has 0 bridgehead atoms. The number of Topliss-reactive ketones (excluding diaryl/α,β-unsaturated/α-hetero) is 1. The molecule has 0 saturated heterocycles. The number of hydrogen-bond donors (Lipinski definition) is 2. The van der Waals surface area contributed by atoms with Crippen LogP contribution in [0.15, 0.2) is 60.7 Å². The number of anilines is 1. The minimum absolute atomic E-state index is 0.0100. The number of phenolic OH excluding ortho intramolecular Hbond substituents is 1. The third-order valence-corrected chi connectivity index (χ3v) is 4.33. The van der Waals surface area contributed by atoms with Gasteiger partial charge in [-0.15, -0.1) is 0 Å². The minimum atomic E-state index is -1.08. The van der Waals surface area contributed by atoms with Crippen LogP contribution in [0.5, 0.6) is 5.75 Å². The molecule has 0 aliphatic rings. The summed E-state index contributed by atoms with van der Waals surface area (Å²) >= 11 is 0. The summed E-state index contributed by atoms with van der Waals surface area (Å²) in [5.41, 5.74) is 1.000. The molecule has 0 aliphatic carbocycles. The van der Waals surface area contributed by atoms with E-state index < -0.39 is 18.0 Å². The summed E-state index contributed by atoms with van der Waals surface area (Å²) in [5.74, 6) is -1.58.